The Morgan fingerprint density at radius 3 is 2.65 bits per heavy atom. The Morgan fingerprint density at radius 2 is 2.06 bits per heavy atom. The zero-order valence-corrected chi connectivity index (χ0v) is 11.2. The third kappa shape index (κ3) is 4.63. The van der Waals surface area contributed by atoms with Gasteiger partial charge in [-0.2, -0.15) is 0 Å². The monoisotopic (exact) mass is 262 g/mol. The number of hydrogen-bond donors (Lipinski definition) is 1. The lowest BCUT2D eigenvalue weighted by atomic mass is 10.1. The third-order valence-corrected chi connectivity index (χ3v) is 4.88. The largest absolute Gasteiger partial charge is 0.338 e. The van der Waals surface area contributed by atoms with Gasteiger partial charge in [0.2, 0.25) is 5.91 Å². The summed E-state index contributed by atoms with van der Waals surface area (Å²) in [5.41, 5.74) is 5.38. The fraction of sp³-hybridized carbons (Fsp3) is 0.909. The van der Waals surface area contributed by atoms with Crippen LogP contribution in [0, 0.1) is 0 Å². The van der Waals surface area contributed by atoms with Crippen LogP contribution in [0.4, 0.5) is 0 Å². The second kappa shape index (κ2) is 6.35. The second-order valence-electron chi connectivity index (χ2n) is 4.65. The van der Waals surface area contributed by atoms with Crippen molar-refractivity contribution in [3.8, 4) is 0 Å². The third-order valence-electron chi connectivity index (χ3n) is 3.09. The van der Waals surface area contributed by atoms with Crippen molar-refractivity contribution < 1.29 is 13.2 Å². The van der Waals surface area contributed by atoms with Crippen LogP contribution < -0.4 is 5.73 Å². The number of carbonyl (C=O) groups excluding carboxylic acids is 1. The minimum absolute atomic E-state index is 0.0735. The van der Waals surface area contributed by atoms with Crippen molar-refractivity contribution in [2.24, 2.45) is 5.73 Å². The molecule has 17 heavy (non-hydrogen) atoms. The molecule has 6 heteroatoms. The lowest BCUT2D eigenvalue weighted by molar-refractivity contribution is -0.132. The van der Waals surface area contributed by atoms with E-state index in [1.807, 2.05) is 0 Å². The topological polar surface area (TPSA) is 80.5 Å². The van der Waals surface area contributed by atoms with Gasteiger partial charge < -0.3 is 10.6 Å². The van der Waals surface area contributed by atoms with Gasteiger partial charge in [0, 0.05) is 19.0 Å². The summed E-state index contributed by atoms with van der Waals surface area (Å²) in [5.74, 6) is 0.275. The molecule has 100 valence electrons. The summed E-state index contributed by atoms with van der Waals surface area (Å²) in [4.78, 5) is 13.6. The predicted molar refractivity (Wildman–Crippen MR) is 67.4 cm³/mol. The van der Waals surface area contributed by atoms with Crippen molar-refractivity contribution in [1.29, 1.82) is 0 Å². The molecule has 0 spiro atoms. The number of nitrogens with two attached hydrogens (primary N) is 1. The van der Waals surface area contributed by atoms with Gasteiger partial charge in [-0.05, 0) is 26.3 Å². The lowest BCUT2D eigenvalue weighted by Crippen LogP contribution is -2.49. The highest BCUT2D eigenvalue weighted by atomic mass is 32.2. The molecule has 1 atom stereocenters. The van der Waals surface area contributed by atoms with E-state index in [1.54, 1.807) is 11.8 Å². The molecule has 1 saturated heterocycles. The molecular weight excluding hydrogens is 240 g/mol. The quantitative estimate of drug-likeness (QED) is 0.715. The molecule has 1 aliphatic rings. The minimum Gasteiger partial charge on any atom is -0.338 e. The molecule has 5 nitrogen and oxygen atoms in total. The molecule has 0 aliphatic carbocycles. The molecule has 1 aliphatic heterocycles. The Bertz CT molecular complexity index is 354. The highest BCUT2D eigenvalue weighted by molar-refractivity contribution is 7.91. The summed E-state index contributed by atoms with van der Waals surface area (Å²) in [7, 11) is -2.94. The smallest absolute Gasteiger partial charge is 0.222 e. The average molecular weight is 262 g/mol. The van der Waals surface area contributed by atoms with Crippen LogP contribution in [-0.4, -0.2) is 49.9 Å². The van der Waals surface area contributed by atoms with E-state index >= 15 is 0 Å². The van der Waals surface area contributed by atoms with Gasteiger partial charge in [-0.15, -0.1) is 0 Å². The molecule has 0 radical (unpaired) electrons. The molecule has 1 heterocycles. The highest BCUT2D eigenvalue weighted by Crippen LogP contribution is 2.14. The van der Waals surface area contributed by atoms with E-state index in [9.17, 15) is 13.2 Å². The summed E-state index contributed by atoms with van der Waals surface area (Å²) < 4.78 is 22.8. The standard InChI is InChI=1S/C11H22N2O3S/c1-10-9-17(15,16)8-7-13(10)11(14)5-3-2-4-6-12/h10H,2-9,12H2,1H3. The van der Waals surface area contributed by atoms with Gasteiger partial charge in [-0.25, -0.2) is 8.42 Å². The Morgan fingerprint density at radius 1 is 1.35 bits per heavy atom. The summed E-state index contributed by atoms with van der Waals surface area (Å²) in [5, 5.41) is 0. The first kappa shape index (κ1) is 14.4. The molecular formula is C11H22N2O3S. The van der Waals surface area contributed by atoms with Crippen molar-refractivity contribution in [1.82, 2.24) is 4.90 Å². The molecule has 2 N–H and O–H groups in total. The summed E-state index contributed by atoms with van der Waals surface area (Å²) in [6, 6.07) is -0.184. The normalized spacial score (nSPS) is 23.6. The second-order valence-corrected chi connectivity index (χ2v) is 6.88. The predicted octanol–water partition coefficient (Wildman–Crippen LogP) is 0.151. The van der Waals surface area contributed by atoms with Crippen LogP contribution in [0.1, 0.15) is 32.6 Å². The molecule has 1 rings (SSSR count). The van der Waals surface area contributed by atoms with Crippen molar-refractivity contribution in [2.45, 2.75) is 38.6 Å². The Kier molecular flexibility index (Phi) is 5.39. The maximum absolute atomic E-state index is 11.9. The van der Waals surface area contributed by atoms with Crippen molar-refractivity contribution in [3.05, 3.63) is 0 Å². The van der Waals surface area contributed by atoms with Crippen molar-refractivity contribution in [2.75, 3.05) is 24.6 Å². The first-order valence-electron chi connectivity index (χ1n) is 6.16. The van der Waals surface area contributed by atoms with Gasteiger partial charge in [-0.1, -0.05) is 6.42 Å². The summed E-state index contributed by atoms with van der Waals surface area (Å²) in [6.45, 7) is 2.81. The van der Waals surface area contributed by atoms with Crippen molar-refractivity contribution >= 4 is 15.7 Å². The van der Waals surface area contributed by atoms with E-state index in [2.05, 4.69) is 0 Å². The maximum Gasteiger partial charge on any atom is 0.222 e. The van der Waals surface area contributed by atoms with Gasteiger partial charge in [0.1, 0.15) is 0 Å². The fourth-order valence-electron chi connectivity index (χ4n) is 2.11. The van der Waals surface area contributed by atoms with Crippen LogP contribution >= 0.6 is 0 Å². The van der Waals surface area contributed by atoms with E-state index in [0.717, 1.165) is 19.3 Å². The summed E-state index contributed by atoms with van der Waals surface area (Å²) >= 11 is 0. The van der Waals surface area contributed by atoms with Crippen LogP contribution in [0.15, 0.2) is 0 Å². The van der Waals surface area contributed by atoms with Crippen LogP contribution in [0.2, 0.25) is 0 Å². The van der Waals surface area contributed by atoms with Crippen LogP contribution in [0.5, 0.6) is 0 Å². The van der Waals surface area contributed by atoms with E-state index in [1.165, 1.54) is 0 Å². The lowest BCUT2D eigenvalue weighted by Gasteiger charge is -2.33. The number of nitrogens with zero attached hydrogens (tertiary/aromatic N) is 1. The Hall–Kier alpha value is -0.620. The Labute approximate surface area is 103 Å². The summed E-state index contributed by atoms with van der Waals surface area (Å²) in [6.07, 6.45) is 3.25. The van der Waals surface area contributed by atoms with Gasteiger partial charge in [0.05, 0.1) is 11.5 Å². The van der Waals surface area contributed by atoms with Crippen LogP contribution in [-0.2, 0) is 14.6 Å². The first-order chi connectivity index (χ1) is 7.96. The van der Waals surface area contributed by atoms with Gasteiger partial charge in [-0.3, -0.25) is 4.79 Å². The average Bonchev–Trinajstić information content (AvgIpc) is 2.23. The number of hydrogen-bond acceptors (Lipinski definition) is 4. The van der Waals surface area contributed by atoms with Crippen LogP contribution in [0.3, 0.4) is 0 Å². The van der Waals surface area contributed by atoms with Gasteiger partial charge >= 0.3 is 0 Å². The van der Waals surface area contributed by atoms with Gasteiger partial charge in [0.15, 0.2) is 9.84 Å². The number of amides is 1. The molecule has 0 aromatic rings. The fourth-order valence-corrected chi connectivity index (χ4v) is 3.67. The Balaban J connectivity index is 2.37. The molecule has 0 aromatic heterocycles. The zero-order chi connectivity index (χ0) is 12.9. The van der Waals surface area contributed by atoms with Crippen molar-refractivity contribution in [3.63, 3.8) is 0 Å². The van der Waals surface area contributed by atoms with E-state index < -0.39 is 9.84 Å². The van der Waals surface area contributed by atoms with E-state index in [4.69, 9.17) is 5.73 Å². The first-order valence-corrected chi connectivity index (χ1v) is 7.98. The molecule has 0 aromatic carbocycles. The SMILES string of the molecule is CC1CS(=O)(=O)CCN1C(=O)CCCCCN. The molecule has 1 fully saturated rings. The number of unbranched alkanes of at least 4 members (excludes halogenated alkanes) is 2. The number of sulfone groups is 1. The van der Waals surface area contributed by atoms with E-state index in [0.29, 0.717) is 19.5 Å². The number of rotatable bonds is 5. The molecule has 1 amide bonds. The minimum atomic E-state index is -2.94. The number of carbonyl (C=O) groups is 1. The van der Waals surface area contributed by atoms with Crippen LogP contribution in [0.25, 0.3) is 0 Å². The molecule has 0 bridgehead atoms. The van der Waals surface area contributed by atoms with E-state index in [-0.39, 0.29) is 23.5 Å². The molecule has 1 unspecified atom stereocenters. The zero-order valence-electron chi connectivity index (χ0n) is 10.4. The van der Waals surface area contributed by atoms with Gasteiger partial charge in [0.25, 0.3) is 0 Å². The maximum atomic E-state index is 11.9. The molecule has 0 saturated carbocycles. The highest BCUT2D eigenvalue weighted by Gasteiger charge is 2.30.